The van der Waals surface area contributed by atoms with Gasteiger partial charge in [-0.1, -0.05) is 19.1 Å². The Morgan fingerprint density at radius 1 is 1.30 bits per heavy atom. The minimum atomic E-state index is 0.356. The van der Waals surface area contributed by atoms with E-state index in [2.05, 4.69) is 65.4 Å². The van der Waals surface area contributed by atoms with E-state index in [1.54, 1.807) is 11.3 Å². The van der Waals surface area contributed by atoms with Crippen molar-refractivity contribution in [3.8, 4) is 5.75 Å². The van der Waals surface area contributed by atoms with Gasteiger partial charge in [-0.25, -0.2) is 0 Å². The van der Waals surface area contributed by atoms with Crippen LogP contribution in [0, 0.1) is 0 Å². The van der Waals surface area contributed by atoms with Gasteiger partial charge < -0.3 is 10.1 Å². The highest BCUT2D eigenvalue weighted by Crippen LogP contribution is 2.24. The van der Waals surface area contributed by atoms with Crippen molar-refractivity contribution in [2.45, 2.75) is 32.9 Å². The summed E-state index contributed by atoms with van der Waals surface area (Å²) >= 11 is 5.18. The Kier molecular flexibility index (Phi) is 6.07. The summed E-state index contributed by atoms with van der Waals surface area (Å²) in [4.78, 5) is 1.22. The number of ether oxygens (including phenoxy) is 1. The number of halogens is 1. The first kappa shape index (κ1) is 15.5. The predicted molar refractivity (Wildman–Crippen MR) is 89.5 cm³/mol. The van der Waals surface area contributed by atoms with E-state index in [-0.39, 0.29) is 0 Å². The van der Waals surface area contributed by atoms with Crippen LogP contribution < -0.4 is 10.1 Å². The third-order valence-corrected chi connectivity index (χ3v) is 4.67. The van der Waals surface area contributed by atoms with Crippen LogP contribution in [-0.2, 0) is 6.61 Å². The molecule has 0 aliphatic carbocycles. The van der Waals surface area contributed by atoms with Gasteiger partial charge in [0.2, 0.25) is 0 Å². The highest BCUT2D eigenvalue weighted by molar-refractivity contribution is 9.11. The molecule has 108 valence electrons. The molecule has 0 amide bonds. The Hall–Kier alpha value is -0.840. The van der Waals surface area contributed by atoms with E-state index in [1.165, 1.54) is 10.4 Å². The molecule has 0 fully saturated rings. The molecule has 1 N–H and O–H groups in total. The Balaban J connectivity index is 1.95. The van der Waals surface area contributed by atoms with E-state index in [0.717, 1.165) is 22.5 Å². The highest BCUT2D eigenvalue weighted by Gasteiger charge is 2.06. The molecule has 0 saturated heterocycles. The third-order valence-electron chi connectivity index (χ3n) is 3.07. The average Bonchev–Trinajstić information content (AvgIpc) is 2.88. The van der Waals surface area contributed by atoms with Crippen molar-refractivity contribution in [2.75, 3.05) is 6.54 Å². The Morgan fingerprint density at radius 3 is 2.85 bits per heavy atom. The number of hydrogen-bond donors (Lipinski definition) is 1. The van der Waals surface area contributed by atoms with E-state index >= 15 is 0 Å². The van der Waals surface area contributed by atoms with Crippen LogP contribution in [0.15, 0.2) is 40.2 Å². The second-order valence-electron chi connectivity index (χ2n) is 4.74. The van der Waals surface area contributed by atoms with E-state index in [4.69, 9.17) is 4.74 Å². The van der Waals surface area contributed by atoms with Crippen LogP contribution in [0.4, 0.5) is 0 Å². The van der Waals surface area contributed by atoms with Gasteiger partial charge in [-0.05, 0) is 65.6 Å². The van der Waals surface area contributed by atoms with Crippen LogP contribution in [0.25, 0.3) is 0 Å². The number of thiophene rings is 1. The molecule has 20 heavy (non-hydrogen) atoms. The van der Waals surface area contributed by atoms with Gasteiger partial charge in [0, 0.05) is 10.9 Å². The zero-order chi connectivity index (χ0) is 14.4. The molecule has 1 aromatic carbocycles. The normalized spacial score (nSPS) is 12.3. The van der Waals surface area contributed by atoms with Gasteiger partial charge in [-0.2, -0.15) is 0 Å². The first-order valence-corrected chi connectivity index (χ1v) is 8.50. The first-order valence-electron chi connectivity index (χ1n) is 6.89. The fraction of sp³-hybridized carbons (Fsp3) is 0.375. The minimum absolute atomic E-state index is 0.356. The molecule has 0 aliphatic rings. The lowest BCUT2D eigenvalue weighted by Gasteiger charge is -2.15. The van der Waals surface area contributed by atoms with Crippen LogP contribution in [0.2, 0.25) is 0 Å². The van der Waals surface area contributed by atoms with Crippen molar-refractivity contribution < 1.29 is 4.74 Å². The topological polar surface area (TPSA) is 21.3 Å². The second kappa shape index (κ2) is 7.81. The Bertz CT molecular complexity index is 541. The van der Waals surface area contributed by atoms with E-state index in [0.29, 0.717) is 12.6 Å². The molecule has 1 aromatic heterocycles. The molecule has 0 bridgehead atoms. The van der Waals surface area contributed by atoms with Crippen molar-refractivity contribution in [1.29, 1.82) is 0 Å². The fourth-order valence-electron chi connectivity index (χ4n) is 1.94. The molecule has 1 unspecified atom stereocenters. The Labute approximate surface area is 133 Å². The van der Waals surface area contributed by atoms with Gasteiger partial charge in [0.1, 0.15) is 12.4 Å². The van der Waals surface area contributed by atoms with Crippen LogP contribution in [0.1, 0.15) is 36.8 Å². The van der Waals surface area contributed by atoms with Crippen LogP contribution >= 0.6 is 27.3 Å². The van der Waals surface area contributed by atoms with Crippen molar-refractivity contribution in [1.82, 2.24) is 5.32 Å². The second-order valence-corrected chi connectivity index (χ2v) is 7.29. The summed E-state index contributed by atoms with van der Waals surface area (Å²) in [6.07, 6.45) is 1.15. The summed E-state index contributed by atoms with van der Waals surface area (Å²) in [6, 6.07) is 12.8. The van der Waals surface area contributed by atoms with Crippen molar-refractivity contribution >= 4 is 27.3 Å². The molecule has 0 saturated carbocycles. The first-order chi connectivity index (χ1) is 9.69. The molecule has 2 aromatic rings. The zero-order valence-electron chi connectivity index (χ0n) is 11.9. The van der Waals surface area contributed by atoms with Gasteiger partial charge in [0.05, 0.1) is 3.79 Å². The zero-order valence-corrected chi connectivity index (χ0v) is 14.3. The summed E-state index contributed by atoms with van der Waals surface area (Å²) in [5.74, 6) is 0.928. The van der Waals surface area contributed by atoms with Crippen molar-refractivity contribution in [2.24, 2.45) is 0 Å². The minimum Gasteiger partial charge on any atom is -0.488 e. The third kappa shape index (κ3) is 4.62. The summed E-state index contributed by atoms with van der Waals surface area (Å²) in [5.41, 5.74) is 1.27. The van der Waals surface area contributed by atoms with Gasteiger partial charge in [0.25, 0.3) is 0 Å². The molecule has 1 atom stereocenters. The smallest absolute Gasteiger partial charge is 0.122 e. The number of hydrogen-bond acceptors (Lipinski definition) is 3. The van der Waals surface area contributed by atoms with Gasteiger partial charge >= 0.3 is 0 Å². The van der Waals surface area contributed by atoms with E-state index < -0.39 is 0 Å². The van der Waals surface area contributed by atoms with Gasteiger partial charge in [0.15, 0.2) is 0 Å². The molecule has 2 nitrogen and oxygen atoms in total. The lowest BCUT2D eigenvalue weighted by Crippen LogP contribution is -2.19. The molecular formula is C16H20BrNOS. The molecule has 0 radical (unpaired) electrons. The lowest BCUT2D eigenvalue weighted by molar-refractivity contribution is 0.309. The van der Waals surface area contributed by atoms with E-state index in [1.807, 2.05) is 6.07 Å². The van der Waals surface area contributed by atoms with Crippen molar-refractivity contribution in [3.05, 3.63) is 50.6 Å². The standard InChI is InChI=1S/C16H20BrNOS/c1-3-9-18-12(2)13-5-4-6-14(10-13)19-11-15-7-8-16(17)20-15/h4-8,10,12,18H,3,9,11H2,1-2H3. The molecule has 2 rings (SSSR count). The molecule has 0 spiro atoms. The number of rotatable bonds is 7. The number of nitrogens with one attached hydrogen (secondary N) is 1. The average molecular weight is 354 g/mol. The predicted octanol–water partition coefficient (Wildman–Crippen LogP) is 5.15. The summed E-state index contributed by atoms with van der Waals surface area (Å²) in [5, 5.41) is 3.49. The highest BCUT2D eigenvalue weighted by atomic mass is 79.9. The van der Waals surface area contributed by atoms with Crippen LogP contribution in [0.5, 0.6) is 5.75 Å². The quantitative estimate of drug-likeness (QED) is 0.742. The van der Waals surface area contributed by atoms with Gasteiger partial charge in [-0.15, -0.1) is 11.3 Å². The molecule has 1 heterocycles. The monoisotopic (exact) mass is 353 g/mol. The molecule has 4 heteroatoms. The SMILES string of the molecule is CCCNC(C)c1cccc(OCc2ccc(Br)s2)c1. The van der Waals surface area contributed by atoms with E-state index in [9.17, 15) is 0 Å². The molecular weight excluding hydrogens is 334 g/mol. The maximum Gasteiger partial charge on any atom is 0.122 e. The molecule has 0 aliphatic heterocycles. The number of benzene rings is 1. The van der Waals surface area contributed by atoms with Crippen molar-refractivity contribution in [3.63, 3.8) is 0 Å². The largest absolute Gasteiger partial charge is 0.488 e. The maximum absolute atomic E-state index is 5.86. The summed E-state index contributed by atoms with van der Waals surface area (Å²) in [7, 11) is 0. The maximum atomic E-state index is 5.86. The summed E-state index contributed by atoms with van der Waals surface area (Å²) in [6.45, 7) is 6.02. The van der Waals surface area contributed by atoms with Crippen LogP contribution in [-0.4, -0.2) is 6.54 Å². The Morgan fingerprint density at radius 2 is 2.15 bits per heavy atom. The van der Waals surface area contributed by atoms with Crippen LogP contribution in [0.3, 0.4) is 0 Å². The summed E-state index contributed by atoms with van der Waals surface area (Å²) < 4.78 is 7.00. The van der Waals surface area contributed by atoms with Gasteiger partial charge in [-0.3, -0.25) is 0 Å². The fourth-order valence-corrected chi connectivity index (χ4v) is 3.33. The lowest BCUT2D eigenvalue weighted by atomic mass is 10.1.